The number of benzene rings is 1. The molecule has 2 aliphatic carbocycles. The van der Waals surface area contributed by atoms with E-state index in [4.69, 9.17) is 4.98 Å². The Morgan fingerprint density at radius 1 is 0.968 bits per heavy atom. The topological polar surface area (TPSA) is 160 Å². The lowest BCUT2D eigenvalue weighted by Gasteiger charge is -2.40. The first-order valence-electron chi connectivity index (χ1n) is 22.2. The molecule has 2 N–H and O–H groups in total. The van der Waals surface area contributed by atoms with Crippen LogP contribution in [0.4, 0.5) is 26.0 Å². The highest BCUT2D eigenvalue weighted by molar-refractivity contribution is 6.08. The number of aryl methyl sites for hydroxylation is 1. The number of alkyl halides is 2. The van der Waals surface area contributed by atoms with Crippen LogP contribution < -0.4 is 26.1 Å². The number of aromatic nitrogens is 7. The van der Waals surface area contributed by atoms with Crippen molar-refractivity contribution in [2.75, 3.05) is 54.9 Å². The summed E-state index contributed by atoms with van der Waals surface area (Å²) < 4.78 is 35.0. The Bertz CT molecular complexity index is 2580. The number of imidazole rings is 1. The van der Waals surface area contributed by atoms with Gasteiger partial charge in [-0.15, -0.1) is 0 Å². The van der Waals surface area contributed by atoms with Gasteiger partial charge >= 0.3 is 5.69 Å². The predicted molar refractivity (Wildman–Crippen MR) is 229 cm³/mol. The van der Waals surface area contributed by atoms with Crippen LogP contribution in [0.15, 0.2) is 47.7 Å². The summed E-state index contributed by atoms with van der Waals surface area (Å²) >= 11 is 0. The van der Waals surface area contributed by atoms with Gasteiger partial charge in [-0.05, 0) is 107 Å². The second kappa shape index (κ2) is 15.9. The molecule has 5 aliphatic rings. The predicted octanol–water partition coefficient (Wildman–Crippen LogP) is 5.46. The summed E-state index contributed by atoms with van der Waals surface area (Å²) in [7, 11) is 3.92. The molecule has 1 spiro atoms. The van der Waals surface area contributed by atoms with Crippen LogP contribution in [0.5, 0.6) is 0 Å². The molecule has 4 aromatic heterocycles. The van der Waals surface area contributed by atoms with Crippen LogP contribution in [0.3, 0.4) is 0 Å². The number of carbonyl (C=O) groups is 3. The zero-order valence-corrected chi connectivity index (χ0v) is 35.3. The monoisotopic (exact) mass is 852 g/mol. The minimum Gasteiger partial charge on any atom is -0.370 e. The van der Waals surface area contributed by atoms with Crippen molar-refractivity contribution in [1.29, 1.82) is 0 Å². The molecule has 62 heavy (non-hydrogen) atoms. The number of nitrogens with one attached hydrogen (secondary N) is 2. The molecule has 5 fully saturated rings. The SMILES string of the molecule is CN(C[C@H]1CC[C@H](n2cc(NC(=O)c3cnn4ccc(N5CCC6(CC5)CC6)nc34)c(C(F)F)n2)CC1)C1CCN(c2cccc3c2n(C)c(=O)n3C2CCC(=O)NC2=O)CC1. The van der Waals surface area contributed by atoms with E-state index in [1.165, 1.54) is 23.6 Å². The molecule has 1 aromatic carbocycles. The van der Waals surface area contributed by atoms with E-state index in [0.29, 0.717) is 35.0 Å². The Morgan fingerprint density at radius 3 is 2.44 bits per heavy atom. The summed E-state index contributed by atoms with van der Waals surface area (Å²) in [5, 5.41) is 13.7. The number of hydrogen-bond acceptors (Lipinski definition) is 10. The molecule has 0 bridgehead atoms. The fourth-order valence-electron chi connectivity index (χ4n) is 10.7. The van der Waals surface area contributed by atoms with Crippen molar-refractivity contribution in [3.63, 3.8) is 0 Å². The second-order valence-corrected chi connectivity index (χ2v) is 18.4. The van der Waals surface area contributed by atoms with E-state index in [1.807, 2.05) is 24.3 Å². The van der Waals surface area contributed by atoms with Crippen molar-refractivity contribution in [2.24, 2.45) is 18.4 Å². The minimum absolute atomic E-state index is 0.00445. The number of nitrogens with zero attached hydrogens (tertiary/aromatic N) is 10. The first kappa shape index (κ1) is 40.4. The summed E-state index contributed by atoms with van der Waals surface area (Å²) in [6, 6.07) is 7.35. The van der Waals surface area contributed by atoms with Crippen molar-refractivity contribution in [1.82, 2.24) is 43.7 Å². The van der Waals surface area contributed by atoms with Crippen molar-refractivity contribution >= 4 is 51.6 Å². The van der Waals surface area contributed by atoms with Gasteiger partial charge in [-0.3, -0.25) is 33.5 Å². The number of piperidine rings is 3. The third kappa shape index (κ3) is 7.42. The van der Waals surface area contributed by atoms with Gasteiger partial charge in [0.2, 0.25) is 11.8 Å². The van der Waals surface area contributed by atoms with Gasteiger partial charge in [-0.25, -0.2) is 23.1 Å². The maximum absolute atomic E-state index is 14.4. The average molecular weight is 853 g/mol. The number of rotatable bonds is 10. The lowest BCUT2D eigenvalue weighted by molar-refractivity contribution is -0.135. The third-order valence-electron chi connectivity index (χ3n) is 14.7. The van der Waals surface area contributed by atoms with Gasteiger partial charge < -0.3 is 20.0 Å². The summed E-state index contributed by atoms with van der Waals surface area (Å²) in [5.74, 6) is -0.0593. The molecule has 7 heterocycles. The quantitative estimate of drug-likeness (QED) is 0.173. The lowest BCUT2D eigenvalue weighted by Crippen LogP contribution is -2.45. The molecule has 16 nitrogen and oxygen atoms in total. The van der Waals surface area contributed by atoms with Gasteiger partial charge in [0.1, 0.15) is 17.4 Å². The van der Waals surface area contributed by atoms with Crippen LogP contribution in [-0.4, -0.2) is 102 Å². The van der Waals surface area contributed by atoms with Crippen LogP contribution in [0, 0.1) is 11.3 Å². The van der Waals surface area contributed by atoms with Gasteiger partial charge in [0.05, 0.1) is 34.6 Å². The van der Waals surface area contributed by atoms with Crippen LogP contribution >= 0.6 is 0 Å². The number of fused-ring (bicyclic) bond motifs is 2. The van der Waals surface area contributed by atoms with E-state index in [-0.39, 0.29) is 35.3 Å². The van der Waals surface area contributed by atoms with E-state index in [2.05, 4.69) is 42.6 Å². The van der Waals surface area contributed by atoms with E-state index in [1.54, 1.807) is 33.2 Å². The van der Waals surface area contributed by atoms with Gasteiger partial charge in [-0.2, -0.15) is 10.2 Å². The maximum Gasteiger partial charge on any atom is 0.329 e. The molecule has 3 amide bonds. The molecule has 3 aliphatic heterocycles. The highest BCUT2D eigenvalue weighted by Gasteiger charge is 2.44. The van der Waals surface area contributed by atoms with Crippen LogP contribution in [0.25, 0.3) is 16.7 Å². The van der Waals surface area contributed by atoms with Crippen LogP contribution in [-0.2, 0) is 16.6 Å². The van der Waals surface area contributed by atoms with Gasteiger partial charge in [0.25, 0.3) is 12.3 Å². The Morgan fingerprint density at radius 2 is 1.73 bits per heavy atom. The molecule has 5 aromatic rings. The van der Waals surface area contributed by atoms with E-state index < -0.39 is 30.0 Å². The van der Waals surface area contributed by atoms with Gasteiger partial charge in [0, 0.05) is 64.6 Å². The number of anilines is 3. The molecule has 3 saturated heterocycles. The molecule has 1 atom stereocenters. The Kier molecular flexibility index (Phi) is 10.4. The average Bonchev–Trinajstić information content (AvgIpc) is 3.56. The largest absolute Gasteiger partial charge is 0.370 e. The summed E-state index contributed by atoms with van der Waals surface area (Å²) in [6.07, 6.45) is 12.7. The molecule has 328 valence electrons. The smallest absolute Gasteiger partial charge is 0.329 e. The molecule has 10 rings (SSSR count). The van der Waals surface area contributed by atoms with Crippen molar-refractivity contribution in [2.45, 2.75) is 102 Å². The normalized spacial score (nSPS) is 23.3. The zero-order valence-electron chi connectivity index (χ0n) is 35.3. The van der Waals surface area contributed by atoms with E-state index >= 15 is 0 Å². The number of halogens is 2. The maximum atomic E-state index is 14.4. The van der Waals surface area contributed by atoms with Crippen LogP contribution in [0.2, 0.25) is 0 Å². The summed E-state index contributed by atoms with van der Waals surface area (Å²) in [5.41, 5.74) is 2.86. The highest BCUT2D eigenvalue weighted by Crippen LogP contribution is 2.54. The fourth-order valence-corrected chi connectivity index (χ4v) is 10.7. The summed E-state index contributed by atoms with van der Waals surface area (Å²) in [6.45, 7) is 4.42. The molecular weight excluding hydrogens is 799 g/mol. The van der Waals surface area contributed by atoms with Crippen molar-refractivity contribution in [3.8, 4) is 0 Å². The number of imide groups is 1. The zero-order chi connectivity index (χ0) is 42.9. The second-order valence-electron chi connectivity index (χ2n) is 18.4. The van der Waals surface area contributed by atoms with E-state index in [9.17, 15) is 28.0 Å². The van der Waals surface area contributed by atoms with Gasteiger partial charge in [0.15, 0.2) is 11.3 Å². The first-order valence-corrected chi connectivity index (χ1v) is 22.2. The van der Waals surface area contributed by atoms with E-state index in [0.717, 1.165) is 101 Å². The number of para-hydroxylation sites is 1. The van der Waals surface area contributed by atoms with Gasteiger partial charge in [-0.1, -0.05) is 6.07 Å². The Balaban J connectivity index is 0.743. The Hall–Kier alpha value is -5.65. The summed E-state index contributed by atoms with van der Waals surface area (Å²) in [4.78, 5) is 63.5. The number of amides is 3. The van der Waals surface area contributed by atoms with Crippen LogP contribution in [0.1, 0.15) is 112 Å². The first-order chi connectivity index (χ1) is 29.9. The van der Waals surface area contributed by atoms with Crippen molar-refractivity contribution < 1.29 is 23.2 Å². The molecular formula is C44H54F2N12O4. The number of carbonyl (C=O) groups excluding carboxylic acids is 3. The van der Waals surface area contributed by atoms with Crippen molar-refractivity contribution in [3.05, 3.63) is 64.6 Å². The highest BCUT2D eigenvalue weighted by atomic mass is 19.3. The number of hydrogen-bond donors (Lipinski definition) is 2. The third-order valence-corrected chi connectivity index (χ3v) is 14.7. The molecule has 1 unspecified atom stereocenters. The molecule has 2 saturated carbocycles. The molecule has 18 heteroatoms. The Labute approximate surface area is 357 Å². The fraction of sp³-hybridized carbons (Fsp3) is 0.568. The standard InChI is InChI=1S/C44H54F2N12O4/c1-52(28-12-19-54(20-13-28)32-4-3-5-33-38(32)53(2)43(62)58(33)34-10-11-36(59)50-42(34)61)25-27-6-8-29(9-7-27)57-26-31(37(51-57)39(45)46)48-41(60)30-24-47-56-21-14-35(49-40(30)56)55-22-17-44(15-16-44)18-23-55/h3-5,14,21,24,26-29,34,39H,6-13,15-20,22-23,25H2,1-2H3,(H,48,60)(H,50,59,61)/t27-,29-,34?. The minimum atomic E-state index is -2.86. The lowest BCUT2D eigenvalue weighted by atomic mass is 9.85. The molecule has 0 radical (unpaired) electrons.